The molecule has 2 saturated carbocycles. The van der Waals surface area contributed by atoms with Gasteiger partial charge in [-0.3, -0.25) is 4.79 Å². The number of carbonyl (C=O) groups excluding carboxylic acids is 1. The lowest BCUT2D eigenvalue weighted by atomic mass is 9.86. The maximum absolute atomic E-state index is 12.7. The zero-order valence-corrected chi connectivity index (χ0v) is 14.0. The third-order valence-corrected chi connectivity index (χ3v) is 5.90. The predicted molar refractivity (Wildman–Crippen MR) is 96.4 cm³/mol. The Balaban J connectivity index is 1.48. The number of hydrogen-bond donors (Lipinski definition) is 1. The van der Waals surface area contributed by atoms with Gasteiger partial charge in [0, 0.05) is 6.42 Å². The van der Waals surface area contributed by atoms with E-state index in [2.05, 4.69) is 29.6 Å². The van der Waals surface area contributed by atoms with E-state index < -0.39 is 0 Å². The van der Waals surface area contributed by atoms with E-state index in [0.717, 1.165) is 23.0 Å². The molecule has 0 aliphatic heterocycles. The quantitative estimate of drug-likeness (QED) is 0.849. The topological polar surface area (TPSA) is 29.1 Å². The molecule has 2 aliphatic rings. The summed E-state index contributed by atoms with van der Waals surface area (Å²) in [6.07, 6.45) is 6.04. The Labute approximate surface area is 144 Å². The summed E-state index contributed by atoms with van der Waals surface area (Å²) in [5.74, 6) is 2.50. The van der Waals surface area contributed by atoms with Crippen LogP contribution in [-0.2, 0) is 4.79 Å². The standard InChI is InChI=1S/C22H25NO/c24-21(15-20-14-16-11-12-19(20)13-16)23-22(17-7-3-1-4-8-17)18-9-5-2-6-10-18/h1-10,16,19-20,22H,11-15H2,(H,23,24)/t16-,19+,20+/m0/s1. The normalized spacial score (nSPS) is 25.1. The van der Waals surface area contributed by atoms with Gasteiger partial charge in [-0.05, 0) is 48.1 Å². The van der Waals surface area contributed by atoms with Crippen LogP contribution in [0.4, 0.5) is 0 Å². The van der Waals surface area contributed by atoms with Crippen LogP contribution in [0.2, 0.25) is 0 Å². The Morgan fingerprint density at radius 3 is 2.04 bits per heavy atom. The monoisotopic (exact) mass is 319 g/mol. The minimum Gasteiger partial charge on any atom is -0.345 e. The number of benzene rings is 2. The summed E-state index contributed by atoms with van der Waals surface area (Å²) < 4.78 is 0. The highest BCUT2D eigenvalue weighted by Crippen LogP contribution is 2.49. The van der Waals surface area contributed by atoms with Gasteiger partial charge in [0.25, 0.3) is 0 Å². The van der Waals surface area contributed by atoms with Crippen LogP contribution >= 0.6 is 0 Å². The molecule has 0 unspecified atom stereocenters. The Bertz CT molecular complexity index is 642. The average molecular weight is 319 g/mol. The van der Waals surface area contributed by atoms with Gasteiger partial charge in [-0.25, -0.2) is 0 Å². The Morgan fingerprint density at radius 2 is 1.54 bits per heavy atom. The van der Waals surface area contributed by atoms with Crippen molar-refractivity contribution in [2.45, 2.75) is 38.1 Å². The zero-order chi connectivity index (χ0) is 16.4. The van der Waals surface area contributed by atoms with Crippen LogP contribution in [0.3, 0.4) is 0 Å². The van der Waals surface area contributed by atoms with E-state index in [9.17, 15) is 4.79 Å². The van der Waals surface area contributed by atoms with Crippen molar-refractivity contribution in [3.05, 3.63) is 71.8 Å². The lowest BCUT2D eigenvalue weighted by Gasteiger charge is -2.24. The van der Waals surface area contributed by atoms with Crippen LogP contribution in [0.5, 0.6) is 0 Å². The van der Waals surface area contributed by atoms with Crippen molar-refractivity contribution in [1.82, 2.24) is 5.32 Å². The number of carbonyl (C=O) groups is 1. The Morgan fingerprint density at radius 1 is 0.917 bits per heavy atom. The van der Waals surface area contributed by atoms with E-state index in [4.69, 9.17) is 0 Å². The summed E-state index contributed by atoms with van der Waals surface area (Å²) in [4.78, 5) is 12.7. The summed E-state index contributed by atoms with van der Waals surface area (Å²) in [7, 11) is 0. The second-order valence-electron chi connectivity index (χ2n) is 7.46. The summed E-state index contributed by atoms with van der Waals surface area (Å²) in [5, 5.41) is 3.30. The second kappa shape index (κ2) is 6.80. The maximum atomic E-state index is 12.7. The first-order valence-corrected chi connectivity index (χ1v) is 9.19. The van der Waals surface area contributed by atoms with Crippen molar-refractivity contribution in [3.63, 3.8) is 0 Å². The molecule has 1 N–H and O–H groups in total. The Hall–Kier alpha value is -2.09. The van der Waals surface area contributed by atoms with Crippen molar-refractivity contribution in [3.8, 4) is 0 Å². The minimum absolute atomic E-state index is 0.0570. The molecule has 0 aromatic heterocycles. The zero-order valence-electron chi connectivity index (χ0n) is 14.0. The van der Waals surface area contributed by atoms with Crippen molar-refractivity contribution in [2.75, 3.05) is 0 Å². The van der Waals surface area contributed by atoms with Crippen molar-refractivity contribution >= 4 is 5.91 Å². The molecule has 0 spiro atoms. The van der Waals surface area contributed by atoms with E-state index in [1.165, 1.54) is 25.7 Å². The van der Waals surface area contributed by atoms with Gasteiger partial charge in [-0.15, -0.1) is 0 Å². The molecule has 0 radical (unpaired) electrons. The van der Waals surface area contributed by atoms with E-state index in [0.29, 0.717) is 12.3 Å². The second-order valence-corrected chi connectivity index (χ2v) is 7.46. The van der Waals surface area contributed by atoms with E-state index in [-0.39, 0.29) is 11.9 Å². The summed E-state index contributed by atoms with van der Waals surface area (Å²) in [5.41, 5.74) is 2.29. The first-order chi connectivity index (χ1) is 11.8. The van der Waals surface area contributed by atoms with E-state index in [1.54, 1.807) is 0 Å². The molecule has 1 amide bonds. The van der Waals surface area contributed by atoms with Gasteiger partial charge in [0.05, 0.1) is 6.04 Å². The number of nitrogens with one attached hydrogen (secondary N) is 1. The SMILES string of the molecule is O=C(C[C@H]1C[C@H]2CC[C@@H]1C2)NC(c1ccccc1)c1ccccc1. The molecule has 0 saturated heterocycles. The Kier molecular flexibility index (Phi) is 4.38. The fraction of sp³-hybridized carbons (Fsp3) is 0.409. The van der Waals surface area contributed by atoms with Crippen LogP contribution in [0, 0.1) is 17.8 Å². The van der Waals surface area contributed by atoms with Gasteiger partial charge < -0.3 is 5.32 Å². The first kappa shape index (κ1) is 15.4. The van der Waals surface area contributed by atoms with Crippen LogP contribution in [-0.4, -0.2) is 5.91 Å². The molecule has 2 bridgehead atoms. The van der Waals surface area contributed by atoms with Gasteiger partial charge in [-0.2, -0.15) is 0 Å². The first-order valence-electron chi connectivity index (χ1n) is 9.19. The maximum Gasteiger partial charge on any atom is 0.221 e. The highest BCUT2D eigenvalue weighted by molar-refractivity contribution is 5.77. The van der Waals surface area contributed by atoms with Gasteiger partial charge in [0.2, 0.25) is 5.91 Å². The smallest absolute Gasteiger partial charge is 0.221 e. The molecule has 2 aromatic carbocycles. The van der Waals surface area contributed by atoms with E-state index in [1.807, 2.05) is 36.4 Å². The number of fused-ring (bicyclic) bond motifs is 2. The molecule has 4 rings (SSSR count). The summed E-state index contributed by atoms with van der Waals surface area (Å²) >= 11 is 0. The molecule has 2 nitrogen and oxygen atoms in total. The lowest BCUT2D eigenvalue weighted by molar-refractivity contribution is -0.122. The third-order valence-electron chi connectivity index (χ3n) is 5.90. The highest BCUT2D eigenvalue weighted by atomic mass is 16.1. The molecule has 124 valence electrons. The van der Waals surface area contributed by atoms with Crippen LogP contribution < -0.4 is 5.32 Å². The van der Waals surface area contributed by atoms with Crippen LogP contribution in [0.25, 0.3) is 0 Å². The molecule has 2 heteroatoms. The molecule has 3 atom stereocenters. The molecule has 2 aliphatic carbocycles. The molecule has 0 heterocycles. The largest absolute Gasteiger partial charge is 0.345 e. The van der Waals surface area contributed by atoms with Crippen molar-refractivity contribution in [2.24, 2.45) is 17.8 Å². The number of rotatable bonds is 5. The highest BCUT2D eigenvalue weighted by Gasteiger charge is 2.40. The van der Waals surface area contributed by atoms with Gasteiger partial charge >= 0.3 is 0 Å². The van der Waals surface area contributed by atoms with Gasteiger partial charge in [-0.1, -0.05) is 67.1 Å². The van der Waals surface area contributed by atoms with Gasteiger partial charge in [0.15, 0.2) is 0 Å². The average Bonchev–Trinajstić information content (AvgIpc) is 3.24. The molecule has 24 heavy (non-hydrogen) atoms. The van der Waals surface area contributed by atoms with Gasteiger partial charge in [0.1, 0.15) is 0 Å². The van der Waals surface area contributed by atoms with Crippen molar-refractivity contribution < 1.29 is 4.79 Å². The minimum atomic E-state index is -0.0570. The van der Waals surface area contributed by atoms with Crippen LogP contribution in [0.1, 0.15) is 49.3 Å². The fourth-order valence-corrected chi connectivity index (χ4v) is 4.73. The predicted octanol–water partition coefficient (Wildman–Crippen LogP) is 4.72. The number of hydrogen-bond acceptors (Lipinski definition) is 1. The van der Waals surface area contributed by atoms with E-state index >= 15 is 0 Å². The lowest BCUT2D eigenvalue weighted by Crippen LogP contribution is -2.31. The van der Waals surface area contributed by atoms with Crippen molar-refractivity contribution in [1.29, 1.82) is 0 Å². The molecule has 2 fully saturated rings. The fourth-order valence-electron chi connectivity index (χ4n) is 4.73. The summed E-state index contributed by atoms with van der Waals surface area (Å²) in [6, 6.07) is 20.5. The summed E-state index contributed by atoms with van der Waals surface area (Å²) in [6.45, 7) is 0. The third kappa shape index (κ3) is 3.24. The molecule has 2 aromatic rings. The van der Waals surface area contributed by atoms with Crippen LogP contribution in [0.15, 0.2) is 60.7 Å². The number of amides is 1. The molecular formula is C22H25NO. The molecular weight excluding hydrogens is 294 g/mol.